The lowest BCUT2D eigenvalue weighted by Crippen LogP contribution is -2.30. The van der Waals surface area contributed by atoms with Crippen molar-refractivity contribution in [3.63, 3.8) is 0 Å². The zero-order chi connectivity index (χ0) is 16.8. The van der Waals surface area contributed by atoms with Crippen LogP contribution in [0.2, 0.25) is 0 Å². The van der Waals surface area contributed by atoms with Crippen molar-refractivity contribution in [3.05, 3.63) is 53.3 Å². The number of aryl methyl sites for hydroxylation is 1. The molecule has 2 aromatic rings. The van der Waals surface area contributed by atoms with Crippen molar-refractivity contribution < 1.29 is 4.79 Å². The summed E-state index contributed by atoms with van der Waals surface area (Å²) in [6.07, 6.45) is 3.66. The van der Waals surface area contributed by atoms with Crippen LogP contribution in [-0.4, -0.2) is 15.7 Å². The SMILES string of the molecule is CCC(C)c1ccc(C(CC)NC(=O)c2ccnn2CC)cc1. The fraction of sp³-hybridized carbons (Fsp3) is 0.474. The molecule has 1 aromatic heterocycles. The summed E-state index contributed by atoms with van der Waals surface area (Å²) >= 11 is 0. The number of nitrogens with one attached hydrogen (secondary N) is 1. The molecule has 0 aliphatic carbocycles. The number of rotatable bonds is 7. The number of carbonyl (C=O) groups excluding carboxylic acids is 1. The van der Waals surface area contributed by atoms with Gasteiger partial charge in [0, 0.05) is 12.7 Å². The summed E-state index contributed by atoms with van der Waals surface area (Å²) in [6.45, 7) is 9.19. The van der Waals surface area contributed by atoms with Crippen LogP contribution in [0.1, 0.15) is 74.1 Å². The fourth-order valence-electron chi connectivity index (χ4n) is 2.72. The molecule has 0 aliphatic heterocycles. The van der Waals surface area contributed by atoms with Crippen LogP contribution in [0.25, 0.3) is 0 Å². The highest BCUT2D eigenvalue weighted by Gasteiger charge is 2.17. The van der Waals surface area contributed by atoms with Crippen LogP contribution < -0.4 is 5.32 Å². The zero-order valence-electron chi connectivity index (χ0n) is 14.5. The lowest BCUT2D eigenvalue weighted by Gasteiger charge is -2.19. The highest BCUT2D eigenvalue weighted by atomic mass is 16.2. The van der Waals surface area contributed by atoms with Crippen molar-refractivity contribution in [2.45, 2.75) is 59.0 Å². The average Bonchev–Trinajstić information content (AvgIpc) is 3.07. The van der Waals surface area contributed by atoms with E-state index in [4.69, 9.17) is 0 Å². The Hall–Kier alpha value is -2.10. The van der Waals surface area contributed by atoms with Crippen molar-refractivity contribution >= 4 is 5.91 Å². The minimum absolute atomic E-state index is 0.0219. The highest BCUT2D eigenvalue weighted by molar-refractivity contribution is 5.92. The Bertz CT molecular complexity index is 630. The van der Waals surface area contributed by atoms with Gasteiger partial charge in [0.15, 0.2) is 0 Å². The summed E-state index contributed by atoms with van der Waals surface area (Å²) in [5, 5.41) is 7.28. The van der Waals surface area contributed by atoms with Gasteiger partial charge < -0.3 is 5.32 Å². The number of hydrogen-bond acceptors (Lipinski definition) is 2. The van der Waals surface area contributed by atoms with Gasteiger partial charge in [0.05, 0.1) is 6.04 Å². The summed E-state index contributed by atoms with van der Waals surface area (Å²) in [5.41, 5.74) is 3.11. The second kappa shape index (κ2) is 7.95. The molecular weight excluding hydrogens is 286 g/mol. The van der Waals surface area contributed by atoms with Crippen molar-refractivity contribution in [1.82, 2.24) is 15.1 Å². The third kappa shape index (κ3) is 4.01. The second-order valence-electron chi connectivity index (χ2n) is 5.94. The monoisotopic (exact) mass is 313 g/mol. The van der Waals surface area contributed by atoms with Gasteiger partial charge in [-0.15, -0.1) is 0 Å². The number of nitrogens with zero attached hydrogens (tertiary/aromatic N) is 2. The molecule has 2 unspecified atom stereocenters. The molecule has 1 aromatic carbocycles. The lowest BCUT2D eigenvalue weighted by atomic mass is 9.95. The summed E-state index contributed by atoms with van der Waals surface area (Å²) in [4.78, 5) is 12.5. The van der Waals surface area contributed by atoms with E-state index in [9.17, 15) is 4.79 Å². The standard InChI is InChI=1S/C19H27N3O/c1-5-14(4)15-8-10-16(11-9-15)17(6-2)21-19(23)18-12-13-20-22(18)7-3/h8-14,17H,5-7H2,1-4H3,(H,21,23). The van der Waals surface area contributed by atoms with Gasteiger partial charge in [-0.3, -0.25) is 9.48 Å². The van der Waals surface area contributed by atoms with Crippen LogP contribution in [0.3, 0.4) is 0 Å². The van der Waals surface area contributed by atoms with Gasteiger partial charge in [-0.25, -0.2) is 0 Å². The molecule has 0 aliphatic rings. The smallest absolute Gasteiger partial charge is 0.270 e. The van der Waals surface area contributed by atoms with Crippen LogP contribution in [-0.2, 0) is 6.54 Å². The van der Waals surface area contributed by atoms with E-state index in [0.29, 0.717) is 18.2 Å². The number of aromatic nitrogens is 2. The molecular formula is C19H27N3O. The molecule has 0 fully saturated rings. The molecule has 4 heteroatoms. The minimum Gasteiger partial charge on any atom is -0.344 e. The first-order valence-electron chi connectivity index (χ1n) is 8.53. The quantitative estimate of drug-likeness (QED) is 0.828. The lowest BCUT2D eigenvalue weighted by molar-refractivity contribution is 0.0924. The molecule has 23 heavy (non-hydrogen) atoms. The van der Waals surface area contributed by atoms with Crippen LogP contribution in [0.4, 0.5) is 0 Å². The zero-order valence-corrected chi connectivity index (χ0v) is 14.5. The van der Waals surface area contributed by atoms with Gasteiger partial charge in [-0.1, -0.05) is 45.0 Å². The predicted octanol–water partition coefficient (Wildman–Crippen LogP) is 4.30. The van der Waals surface area contributed by atoms with Crippen LogP contribution in [0, 0.1) is 0 Å². The fourth-order valence-corrected chi connectivity index (χ4v) is 2.72. The first-order chi connectivity index (χ1) is 11.1. The number of hydrogen-bond donors (Lipinski definition) is 1. The van der Waals surface area contributed by atoms with Gasteiger partial charge in [0.25, 0.3) is 5.91 Å². The van der Waals surface area contributed by atoms with Crippen LogP contribution in [0.5, 0.6) is 0 Å². The Balaban J connectivity index is 2.12. The van der Waals surface area contributed by atoms with Gasteiger partial charge in [-0.2, -0.15) is 5.10 Å². The van der Waals surface area contributed by atoms with Gasteiger partial charge in [-0.05, 0) is 42.9 Å². The first kappa shape index (κ1) is 17.3. The molecule has 124 valence electrons. The number of carbonyl (C=O) groups is 1. The van der Waals surface area contributed by atoms with Crippen molar-refractivity contribution in [1.29, 1.82) is 0 Å². The van der Waals surface area contributed by atoms with E-state index in [2.05, 4.69) is 55.5 Å². The van der Waals surface area contributed by atoms with Gasteiger partial charge in [0.2, 0.25) is 0 Å². The summed E-state index contributed by atoms with van der Waals surface area (Å²) in [7, 11) is 0. The molecule has 0 bridgehead atoms. The maximum atomic E-state index is 12.5. The summed E-state index contributed by atoms with van der Waals surface area (Å²) in [5.74, 6) is 0.500. The predicted molar refractivity (Wildman–Crippen MR) is 93.5 cm³/mol. The average molecular weight is 313 g/mol. The van der Waals surface area contributed by atoms with E-state index in [1.165, 1.54) is 5.56 Å². The largest absolute Gasteiger partial charge is 0.344 e. The molecule has 2 atom stereocenters. The maximum Gasteiger partial charge on any atom is 0.270 e. The molecule has 2 rings (SSSR count). The Kier molecular flexibility index (Phi) is 5.97. The maximum absolute atomic E-state index is 12.5. The summed E-state index contributed by atoms with van der Waals surface area (Å²) in [6, 6.07) is 10.4. The van der Waals surface area contributed by atoms with Gasteiger partial charge in [0.1, 0.15) is 5.69 Å². The molecule has 0 saturated heterocycles. The molecule has 1 amide bonds. The van der Waals surface area contributed by atoms with E-state index in [1.54, 1.807) is 16.9 Å². The molecule has 0 saturated carbocycles. The number of amides is 1. The van der Waals surface area contributed by atoms with E-state index < -0.39 is 0 Å². The Morgan fingerprint density at radius 1 is 1.09 bits per heavy atom. The van der Waals surface area contributed by atoms with Crippen molar-refractivity contribution in [3.8, 4) is 0 Å². The van der Waals surface area contributed by atoms with E-state index in [1.807, 2.05) is 6.92 Å². The Labute approximate surface area is 138 Å². The van der Waals surface area contributed by atoms with E-state index in [-0.39, 0.29) is 11.9 Å². The minimum atomic E-state index is -0.0674. The summed E-state index contributed by atoms with van der Waals surface area (Å²) < 4.78 is 1.72. The van der Waals surface area contributed by atoms with Crippen LogP contribution >= 0.6 is 0 Å². The van der Waals surface area contributed by atoms with Gasteiger partial charge >= 0.3 is 0 Å². The second-order valence-corrected chi connectivity index (χ2v) is 5.94. The topological polar surface area (TPSA) is 46.9 Å². The normalized spacial score (nSPS) is 13.6. The third-order valence-corrected chi connectivity index (χ3v) is 4.48. The highest BCUT2D eigenvalue weighted by Crippen LogP contribution is 2.23. The molecule has 4 nitrogen and oxygen atoms in total. The first-order valence-corrected chi connectivity index (χ1v) is 8.53. The third-order valence-electron chi connectivity index (χ3n) is 4.48. The molecule has 0 radical (unpaired) electrons. The van der Waals surface area contributed by atoms with Crippen molar-refractivity contribution in [2.75, 3.05) is 0 Å². The Morgan fingerprint density at radius 3 is 2.30 bits per heavy atom. The Morgan fingerprint density at radius 2 is 1.74 bits per heavy atom. The molecule has 0 spiro atoms. The molecule has 1 heterocycles. The van der Waals surface area contributed by atoms with E-state index >= 15 is 0 Å². The molecule has 1 N–H and O–H groups in total. The number of benzene rings is 1. The van der Waals surface area contributed by atoms with E-state index in [0.717, 1.165) is 18.4 Å². The van der Waals surface area contributed by atoms with Crippen molar-refractivity contribution in [2.24, 2.45) is 0 Å². The van der Waals surface area contributed by atoms with Crippen LogP contribution in [0.15, 0.2) is 36.5 Å².